The van der Waals surface area contributed by atoms with Crippen molar-refractivity contribution in [3.8, 4) is 11.1 Å². The number of alkyl halides is 6. The molecule has 4 aromatic rings. The fraction of sp³-hybridized carbons (Fsp3) is 0.383. The van der Waals surface area contributed by atoms with Gasteiger partial charge in [0.2, 0.25) is 0 Å². The summed E-state index contributed by atoms with van der Waals surface area (Å²) in [6.07, 6.45) is 1.21. The normalized spacial score (nSPS) is 14.8. The van der Waals surface area contributed by atoms with Gasteiger partial charge in [-0.2, -0.15) is 41.0 Å². The molecular formula is C47H50Cl2F6Zr-2. The van der Waals surface area contributed by atoms with Crippen LogP contribution in [-0.4, -0.2) is 3.21 Å². The molecule has 0 nitrogen and oxygen atoms in total. The molecule has 0 aliphatic heterocycles. The molecular weight excluding hydrogens is 841 g/mol. The van der Waals surface area contributed by atoms with Gasteiger partial charge in [0, 0.05) is 0 Å². The third-order valence-electron chi connectivity index (χ3n) is 9.67. The van der Waals surface area contributed by atoms with Crippen molar-refractivity contribution in [1.82, 2.24) is 0 Å². The zero-order valence-electron chi connectivity index (χ0n) is 33.7. The molecule has 0 bridgehead atoms. The van der Waals surface area contributed by atoms with Crippen molar-refractivity contribution in [2.24, 2.45) is 11.3 Å². The Morgan fingerprint density at radius 3 is 1.45 bits per heavy atom. The minimum Gasteiger partial charge on any atom is -1.00 e. The number of rotatable bonds is 3. The SMILES string of the molecule is CC(C)(C)c1c[c-]c2c(c1)-c1cc(C(C)(C)C)ccc1C2.CCC1[C-]=CC(C(C)(C)C)=C1.FC(F)(F)c1ccc([C](=[Zr+2])c2ccc(C(F)(F)F)cc2)cc1.[Cl-].[Cl-]. The van der Waals surface area contributed by atoms with Crippen LogP contribution in [0.1, 0.15) is 120 Å². The predicted octanol–water partition coefficient (Wildman–Crippen LogP) is 7.86. The molecule has 56 heavy (non-hydrogen) atoms. The average Bonchev–Trinajstić information content (AvgIpc) is 3.72. The molecule has 0 spiro atoms. The summed E-state index contributed by atoms with van der Waals surface area (Å²) in [5, 5.41) is 0. The molecule has 0 amide bonds. The van der Waals surface area contributed by atoms with E-state index in [1.165, 1.54) is 69.6 Å². The van der Waals surface area contributed by atoms with Crippen LogP contribution in [0, 0.1) is 23.5 Å². The Bertz CT molecular complexity index is 1880. The van der Waals surface area contributed by atoms with Crippen molar-refractivity contribution in [2.45, 2.75) is 105 Å². The van der Waals surface area contributed by atoms with Gasteiger partial charge in [-0.3, -0.25) is 6.08 Å². The van der Waals surface area contributed by atoms with Gasteiger partial charge in [0.05, 0.1) is 0 Å². The van der Waals surface area contributed by atoms with E-state index in [4.69, 9.17) is 0 Å². The summed E-state index contributed by atoms with van der Waals surface area (Å²) in [5.41, 5.74) is 10.1. The van der Waals surface area contributed by atoms with Crippen molar-refractivity contribution >= 4 is 3.21 Å². The Balaban J connectivity index is 0.000000300. The van der Waals surface area contributed by atoms with Crippen LogP contribution in [0.3, 0.4) is 0 Å². The largest absolute Gasteiger partial charge is 1.00 e. The minimum atomic E-state index is -4.41. The summed E-state index contributed by atoms with van der Waals surface area (Å²) in [5.74, 6) is 0.573. The maximum Gasteiger partial charge on any atom is -1.00 e. The van der Waals surface area contributed by atoms with E-state index in [0.29, 0.717) is 25.7 Å². The first-order chi connectivity index (χ1) is 24.8. The predicted molar refractivity (Wildman–Crippen MR) is 206 cm³/mol. The molecule has 0 heterocycles. The fourth-order valence-electron chi connectivity index (χ4n) is 6.02. The summed E-state index contributed by atoms with van der Waals surface area (Å²) in [6.45, 7) is 22.6. The van der Waals surface area contributed by atoms with Gasteiger partial charge in [-0.05, 0) is 17.4 Å². The molecule has 0 radical (unpaired) electrons. The van der Waals surface area contributed by atoms with Crippen molar-refractivity contribution in [2.75, 3.05) is 0 Å². The second kappa shape index (κ2) is 18.9. The Kier molecular flexibility index (Phi) is 16.7. The van der Waals surface area contributed by atoms with E-state index >= 15 is 0 Å². The Morgan fingerprint density at radius 1 is 0.625 bits per heavy atom. The van der Waals surface area contributed by atoms with Crippen molar-refractivity contribution in [1.29, 1.82) is 0 Å². The van der Waals surface area contributed by atoms with Crippen LogP contribution in [0.15, 0.2) is 96.6 Å². The molecule has 0 N–H and O–H groups in total. The molecule has 1 atom stereocenters. The smallest absolute Gasteiger partial charge is 1.00 e. The maximum absolute atomic E-state index is 12.5. The van der Waals surface area contributed by atoms with Crippen LogP contribution in [0.5, 0.6) is 0 Å². The zero-order valence-corrected chi connectivity index (χ0v) is 37.6. The topological polar surface area (TPSA) is 0 Å². The Labute approximate surface area is 357 Å². The Hall–Kier alpha value is -2.73. The molecule has 4 aromatic carbocycles. The molecule has 0 saturated heterocycles. The quantitative estimate of drug-likeness (QED) is 0.128. The number of hydrogen-bond donors (Lipinski definition) is 0. The van der Waals surface area contributed by atoms with Gasteiger partial charge in [0.1, 0.15) is 0 Å². The van der Waals surface area contributed by atoms with Gasteiger partial charge in [-0.15, -0.1) is 5.56 Å². The first-order valence-corrected chi connectivity index (χ1v) is 19.5. The molecule has 2 aliphatic carbocycles. The number of hydrogen-bond acceptors (Lipinski definition) is 0. The van der Waals surface area contributed by atoms with Crippen LogP contribution >= 0.6 is 0 Å². The second-order valence-electron chi connectivity index (χ2n) is 17.1. The van der Waals surface area contributed by atoms with E-state index < -0.39 is 23.5 Å². The monoisotopic (exact) mass is 888 g/mol. The summed E-state index contributed by atoms with van der Waals surface area (Å²) in [7, 11) is 0. The first kappa shape index (κ1) is 49.4. The summed E-state index contributed by atoms with van der Waals surface area (Å²) < 4.78 is 75.6. The number of fused-ring (bicyclic) bond motifs is 3. The van der Waals surface area contributed by atoms with E-state index in [0.717, 1.165) is 54.9 Å². The summed E-state index contributed by atoms with van der Waals surface area (Å²) in [4.78, 5) is 0. The maximum atomic E-state index is 12.5. The Morgan fingerprint density at radius 2 is 1.07 bits per heavy atom. The van der Waals surface area contributed by atoms with Crippen molar-refractivity contribution in [3.63, 3.8) is 0 Å². The van der Waals surface area contributed by atoms with Gasteiger partial charge >= 0.3 is 137 Å². The molecule has 0 saturated carbocycles. The molecule has 0 fully saturated rings. The molecule has 9 heteroatoms. The number of benzene rings is 4. The third-order valence-corrected chi connectivity index (χ3v) is 11.1. The van der Waals surface area contributed by atoms with E-state index in [9.17, 15) is 26.3 Å². The fourth-order valence-corrected chi connectivity index (χ4v) is 6.83. The van der Waals surface area contributed by atoms with Crippen LogP contribution in [0.25, 0.3) is 11.1 Å². The van der Waals surface area contributed by atoms with Gasteiger partial charge in [0.25, 0.3) is 0 Å². The van der Waals surface area contributed by atoms with Gasteiger partial charge in [-0.25, -0.2) is 6.08 Å². The molecule has 1 unspecified atom stereocenters. The van der Waals surface area contributed by atoms with E-state index in [2.05, 4.69) is 124 Å². The van der Waals surface area contributed by atoms with Gasteiger partial charge in [-0.1, -0.05) is 122 Å². The van der Waals surface area contributed by atoms with Crippen molar-refractivity contribution < 1.29 is 75.4 Å². The number of allylic oxidation sites excluding steroid dienone is 4. The van der Waals surface area contributed by atoms with Crippen LogP contribution in [0.4, 0.5) is 26.3 Å². The standard InChI is InChI=1S/C21H25.C15H8F6.C11H17.2ClH.Zr/c1-20(2,3)16-9-7-14-11-15-8-10-17(21(4,5)6)13-19(15)18(14)12-16;16-14(17,18)12-5-1-10(2-6-12)9-11-3-7-13(8-4-11)15(19,20)21;1-5-9-6-7-10(8-9)11(2,3)4;;;/h7,9-10,12-13H,11H2,1-6H3;1-8H;7-9H,5H2,1-4H3;2*1H;/q-1;;-1;;;+2/p-2. The molecule has 300 valence electrons. The molecule has 6 rings (SSSR count). The summed E-state index contributed by atoms with van der Waals surface area (Å²) in [6, 6.07) is 24.2. The van der Waals surface area contributed by atoms with Gasteiger partial charge in [0.15, 0.2) is 0 Å². The number of halogens is 8. The second-order valence-corrected chi connectivity index (χ2v) is 18.3. The van der Waals surface area contributed by atoms with E-state index in [1.54, 1.807) is 0 Å². The molecule has 2 aliphatic rings. The zero-order chi connectivity index (χ0) is 40.4. The van der Waals surface area contributed by atoms with Crippen LogP contribution in [-0.2, 0) is 53.8 Å². The van der Waals surface area contributed by atoms with E-state index in [-0.39, 0.29) is 35.6 Å². The molecule has 0 aromatic heterocycles. The third kappa shape index (κ3) is 12.9. The van der Waals surface area contributed by atoms with Crippen molar-refractivity contribution in [3.05, 3.63) is 153 Å². The average molecular weight is 891 g/mol. The summed E-state index contributed by atoms with van der Waals surface area (Å²) >= 11 is 0.898. The minimum absolute atomic E-state index is 0. The first-order valence-electron chi connectivity index (χ1n) is 18.2. The van der Waals surface area contributed by atoms with Crippen LogP contribution < -0.4 is 24.8 Å². The van der Waals surface area contributed by atoms with Crippen LogP contribution in [0.2, 0.25) is 0 Å². The van der Waals surface area contributed by atoms with E-state index in [1.807, 2.05) is 0 Å². The van der Waals surface area contributed by atoms with Gasteiger partial charge < -0.3 is 24.8 Å².